The van der Waals surface area contributed by atoms with Gasteiger partial charge in [0.05, 0.1) is 24.8 Å². The Labute approximate surface area is 237 Å². The van der Waals surface area contributed by atoms with Crippen LogP contribution in [0.1, 0.15) is 34.1 Å². The summed E-state index contributed by atoms with van der Waals surface area (Å²) >= 11 is 0. The molecule has 0 radical (unpaired) electrons. The molecule has 0 spiro atoms. The summed E-state index contributed by atoms with van der Waals surface area (Å²) in [4.78, 5) is 21.5. The molecule has 2 N–H and O–H groups in total. The number of pyridine rings is 2. The number of alkyl halides is 4. The molecule has 220 valence electrons. The van der Waals surface area contributed by atoms with E-state index in [4.69, 9.17) is 9.47 Å². The van der Waals surface area contributed by atoms with E-state index < -0.39 is 47.8 Å². The highest BCUT2D eigenvalue weighted by atomic mass is 19.4. The van der Waals surface area contributed by atoms with Gasteiger partial charge >= 0.3 is 6.18 Å². The number of aryl methyl sites for hydroxylation is 1. The van der Waals surface area contributed by atoms with Crippen molar-refractivity contribution in [2.24, 2.45) is 0 Å². The number of carbonyl (C=O) groups excluding carboxylic acids is 1. The molecule has 42 heavy (non-hydrogen) atoms. The molecular formula is C30H26F5N3O4. The zero-order valence-corrected chi connectivity index (χ0v) is 22.8. The zero-order valence-electron chi connectivity index (χ0n) is 22.8. The first-order chi connectivity index (χ1) is 19.8. The smallest absolute Gasteiger partial charge is 0.424 e. The van der Waals surface area contributed by atoms with Crippen LogP contribution in [-0.4, -0.2) is 54.1 Å². The van der Waals surface area contributed by atoms with Gasteiger partial charge in [0.2, 0.25) is 5.60 Å². The van der Waals surface area contributed by atoms with Crippen molar-refractivity contribution in [2.45, 2.75) is 31.0 Å². The fourth-order valence-electron chi connectivity index (χ4n) is 4.82. The molecule has 0 aliphatic carbocycles. The first kappa shape index (κ1) is 29.2. The number of nitrogens with one attached hydrogen (secondary N) is 1. The van der Waals surface area contributed by atoms with Gasteiger partial charge in [0, 0.05) is 28.3 Å². The van der Waals surface area contributed by atoms with Crippen molar-refractivity contribution in [3.05, 3.63) is 82.9 Å². The average molecular weight is 588 g/mol. The van der Waals surface area contributed by atoms with Crippen molar-refractivity contribution in [3.8, 4) is 22.8 Å². The van der Waals surface area contributed by atoms with E-state index in [0.717, 1.165) is 23.8 Å². The molecule has 2 aromatic carbocycles. The number of methoxy groups -OCH3 is 1. The van der Waals surface area contributed by atoms with Crippen LogP contribution in [0.2, 0.25) is 0 Å². The summed E-state index contributed by atoms with van der Waals surface area (Å²) in [5.74, 6) is -1.24. The monoisotopic (exact) mass is 587 g/mol. The topological polar surface area (TPSA) is 93.6 Å². The summed E-state index contributed by atoms with van der Waals surface area (Å²) in [6, 6.07) is 10.2. The van der Waals surface area contributed by atoms with Crippen molar-refractivity contribution in [3.63, 3.8) is 0 Å². The molecule has 0 saturated heterocycles. The molecular weight excluding hydrogens is 561 g/mol. The highest BCUT2D eigenvalue weighted by molar-refractivity contribution is 6.00. The number of benzene rings is 2. The molecule has 1 amide bonds. The number of aliphatic hydroxyl groups is 1. The van der Waals surface area contributed by atoms with Gasteiger partial charge in [-0.1, -0.05) is 0 Å². The lowest BCUT2D eigenvalue weighted by atomic mass is 9.83. The second-order valence-electron chi connectivity index (χ2n) is 10.5. The largest absolute Gasteiger partial charge is 0.494 e. The van der Waals surface area contributed by atoms with Gasteiger partial charge in [-0.15, -0.1) is 0 Å². The van der Waals surface area contributed by atoms with Crippen LogP contribution in [-0.2, 0) is 11.0 Å². The Bertz CT molecular complexity index is 1680. The second kappa shape index (κ2) is 10.5. The van der Waals surface area contributed by atoms with E-state index in [0.29, 0.717) is 10.9 Å². The molecule has 5 rings (SSSR count). The van der Waals surface area contributed by atoms with Crippen molar-refractivity contribution in [1.29, 1.82) is 0 Å². The van der Waals surface area contributed by atoms with Gasteiger partial charge in [-0.05, 0) is 67.9 Å². The Balaban J connectivity index is 1.57. The molecule has 12 heteroatoms. The summed E-state index contributed by atoms with van der Waals surface area (Å²) < 4.78 is 82.5. The third kappa shape index (κ3) is 5.00. The number of aromatic nitrogens is 2. The van der Waals surface area contributed by atoms with Crippen LogP contribution in [0, 0.1) is 12.7 Å². The van der Waals surface area contributed by atoms with E-state index in [-0.39, 0.29) is 40.5 Å². The molecule has 0 fully saturated rings. The molecule has 1 unspecified atom stereocenters. The molecule has 4 aromatic rings. The van der Waals surface area contributed by atoms with E-state index >= 15 is 0 Å². The van der Waals surface area contributed by atoms with Crippen molar-refractivity contribution in [1.82, 2.24) is 15.3 Å². The van der Waals surface area contributed by atoms with Crippen LogP contribution < -0.4 is 14.8 Å². The molecule has 2 aromatic heterocycles. The van der Waals surface area contributed by atoms with Gasteiger partial charge in [0.15, 0.2) is 0 Å². The van der Waals surface area contributed by atoms with Crippen LogP contribution in [0.5, 0.6) is 11.5 Å². The SMILES string of the molecule is COc1cc(C(=O)NCC(O)(c2cc3c(c(-c4ccc(F)cc4)n2)OC[C@]3(C)CF)C(F)(F)F)cc2cc(C)cnc12. The molecule has 1 aliphatic heterocycles. The number of nitrogens with zero attached hydrogens (tertiary/aromatic N) is 2. The highest BCUT2D eigenvalue weighted by Gasteiger charge is 2.57. The molecule has 3 heterocycles. The highest BCUT2D eigenvalue weighted by Crippen LogP contribution is 2.48. The van der Waals surface area contributed by atoms with Gasteiger partial charge in [-0.2, -0.15) is 13.2 Å². The fourth-order valence-corrected chi connectivity index (χ4v) is 4.82. The number of rotatable bonds is 7. The maximum absolute atomic E-state index is 14.6. The van der Waals surface area contributed by atoms with E-state index in [1.807, 2.05) is 0 Å². The number of ether oxygens (including phenoxy) is 2. The molecule has 1 aliphatic rings. The van der Waals surface area contributed by atoms with Crippen molar-refractivity contribution in [2.75, 3.05) is 26.9 Å². The number of halogens is 5. The third-order valence-electron chi connectivity index (χ3n) is 7.34. The van der Waals surface area contributed by atoms with Gasteiger partial charge in [0.1, 0.15) is 41.8 Å². The number of hydrogen-bond donors (Lipinski definition) is 2. The van der Waals surface area contributed by atoms with E-state index in [9.17, 15) is 31.9 Å². The number of amides is 1. The van der Waals surface area contributed by atoms with Gasteiger partial charge in [-0.3, -0.25) is 9.78 Å². The summed E-state index contributed by atoms with van der Waals surface area (Å²) in [6.07, 6.45) is -3.72. The minimum atomic E-state index is -5.32. The maximum Gasteiger partial charge on any atom is 0.424 e. The molecule has 7 nitrogen and oxygen atoms in total. The van der Waals surface area contributed by atoms with Crippen LogP contribution in [0.4, 0.5) is 22.0 Å². The minimum absolute atomic E-state index is 0.0245. The number of carbonyl (C=O) groups is 1. The predicted molar refractivity (Wildman–Crippen MR) is 144 cm³/mol. The van der Waals surface area contributed by atoms with E-state index in [2.05, 4.69) is 15.3 Å². The Morgan fingerprint density at radius 1 is 1.17 bits per heavy atom. The standard InChI is InChI=1S/C30H26F5N3O4/c1-16-8-18-9-19(10-22(41-3)24(18)36-12-16)27(39)37-14-29(40,30(33,34)35)23-11-21-26(42-15-28(21,2)13-31)25(38-23)17-4-6-20(32)7-5-17/h4-12,40H,13-15H2,1-3H3,(H,37,39)/t28-,29?/m0/s1. The van der Waals surface area contributed by atoms with Crippen LogP contribution in [0.3, 0.4) is 0 Å². The molecule has 2 atom stereocenters. The first-order valence-electron chi connectivity index (χ1n) is 12.8. The van der Waals surface area contributed by atoms with Gasteiger partial charge in [-0.25, -0.2) is 13.8 Å². The third-order valence-corrected chi connectivity index (χ3v) is 7.34. The maximum atomic E-state index is 14.6. The summed E-state index contributed by atoms with van der Waals surface area (Å²) in [7, 11) is 1.37. The Hall–Kier alpha value is -4.32. The normalized spacial score (nSPS) is 17.8. The Morgan fingerprint density at radius 3 is 2.52 bits per heavy atom. The van der Waals surface area contributed by atoms with Gasteiger partial charge < -0.3 is 19.9 Å². The summed E-state index contributed by atoms with van der Waals surface area (Å²) in [6.45, 7) is 0.791. The lowest BCUT2D eigenvalue weighted by molar-refractivity contribution is -0.265. The Kier molecular flexibility index (Phi) is 7.30. The van der Waals surface area contributed by atoms with Crippen molar-refractivity contribution < 1.29 is 41.3 Å². The average Bonchev–Trinajstić information content (AvgIpc) is 3.31. The Morgan fingerprint density at radius 2 is 1.88 bits per heavy atom. The molecule has 0 saturated carbocycles. The zero-order chi connectivity index (χ0) is 30.4. The summed E-state index contributed by atoms with van der Waals surface area (Å²) in [5.41, 5.74) is -4.55. The first-order valence-corrected chi connectivity index (χ1v) is 12.8. The summed E-state index contributed by atoms with van der Waals surface area (Å²) in [5, 5.41) is 13.9. The van der Waals surface area contributed by atoms with E-state index in [1.165, 1.54) is 38.3 Å². The predicted octanol–water partition coefficient (Wildman–Crippen LogP) is 5.55. The molecule has 0 bridgehead atoms. The van der Waals surface area contributed by atoms with Gasteiger partial charge in [0.25, 0.3) is 5.91 Å². The lowest BCUT2D eigenvalue weighted by Crippen LogP contribution is -2.51. The number of fused-ring (bicyclic) bond motifs is 2. The number of hydrogen-bond acceptors (Lipinski definition) is 6. The fraction of sp³-hybridized carbons (Fsp3) is 0.300. The van der Waals surface area contributed by atoms with Crippen LogP contribution >= 0.6 is 0 Å². The lowest BCUT2D eigenvalue weighted by Gasteiger charge is -2.31. The van der Waals surface area contributed by atoms with E-state index in [1.54, 1.807) is 19.2 Å². The van der Waals surface area contributed by atoms with Crippen LogP contribution in [0.15, 0.2) is 54.7 Å². The second-order valence-corrected chi connectivity index (χ2v) is 10.5. The minimum Gasteiger partial charge on any atom is -0.494 e. The quantitative estimate of drug-likeness (QED) is 0.276. The van der Waals surface area contributed by atoms with Crippen LogP contribution in [0.25, 0.3) is 22.2 Å². The van der Waals surface area contributed by atoms with Crippen molar-refractivity contribution >= 4 is 16.8 Å².